The SMILES string of the molecule is CCn1c(SCC(=O)N[C@H]2CCCC[C@H]2C)nnc1-c1ccc(Cl)cc1. The van der Waals surface area contributed by atoms with Crippen LogP contribution in [0.1, 0.15) is 39.5 Å². The number of benzene rings is 1. The van der Waals surface area contributed by atoms with Crippen molar-refractivity contribution in [1.29, 1.82) is 0 Å². The van der Waals surface area contributed by atoms with E-state index in [0.717, 1.165) is 29.5 Å². The number of nitrogens with one attached hydrogen (secondary N) is 1. The van der Waals surface area contributed by atoms with Gasteiger partial charge in [0, 0.05) is 23.2 Å². The average molecular weight is 393 g/mol. The first kappa shape index (κ1) is 19.2. The van der Waals surface area contributed by atoms with Crippen LogP contribution in [0, 0.1) is 5.92 Å². The molecule has 1 aromatic carbocycles. The molecule has 2 atom stereocenters. The van der Waals surface area contributed by atoms with Crippen molar-refractivity contribution < 1.29 is 4.79 Å². The fourth-order valence-corrected chi connectivity index (χ4v) is 4.34. The highest BCUT2D eigenvalue weighted by atomic mass is 35.5. The Kier molecular flexibility index (Phi) is 6.59. The molecule has 0 unspecified atom stereocenters. The second kappa shape index (κ2) is 8.91. The van der Waals surface area contributed by atoms with Gasteiger partial charge in [-0.25, -0.2) is 0 Å². The molecule has 1 fully saturated rings. The molecular weight excluding hydrogens is 368 g/mol. The third-order valence-corrected chi connectivity index (χ3v) is 6.14. The highest BCUT2D eigenvalue weighted by molar-refractivity contribution is 7.99. The summed E-state index contributed by atoms with van der Waals surface area (Å²) < 4.78 is 2.03. The quantitative estimate of drug-likeness (QED) is 0.740. The lowest BCUT2D eigenvalue weighted by Gasteiger charge is -2.29. The summed E-state index contributed by atoms with van der Waals surface area (Å²) in [7, 11) is 0. The summed E-state index contributed by atoms with van der Waals surface area (Å²) in [6.45, 7) is 5.02. The van der Waals surface area contributed by atoms with E-state index in [1.54, 1.807) is 0 Å². The van der Waals surface area contributed by atoms with Crippen LogP contribution in [-0.4, -0.2) is 32.5 Å². The topological polar surface area (TPSA) is 59.8 Å². The van der Waals surface area contributed by atoms with Crippen LogP contribution in [-0.2, 0) is 11.3 Å². The van der Waals surface area contributed by atoms with E-state index in [4.69, 9.17) is 11.6 Å². The molecule has 0 radical (unpaired) electrons. The maximum absolute atomic E-state index is 12.3. The second-order valence-corrected chi connectivity index (χ2v) is 8.16. The van der Waals surface area contributed by atoms with E-state index in [1.807, 2.05) is 28.8 Å². The van der Waals surface area contributed by atoms with Crippen molar-refractivity contribution in [2.75, 3.05) is 5.75 Å². The van der Waals surface area contributed by atoms with Crippen molar-refractivity contribution in [3.63, 3.8) is 0 Å². The minimum atomic E-state index is 0.0763. The van der Waals surface area contributed by atoms with E-state index in [-0.39, 0.29) is 5.91 Å². The summed E-state index contributed by atoms with van der Waals surface area (Å²) in [4.78, 5) is 12.3. The van der Waals surface area contributed by atoms with Crippen molar-refractivity contribution in [3.05, 3.63) is 29.3 Å². The molecule has 2 aromatic rings. The fourth-order valence-electron chi connectivity index (χ4n) is 3.40. The van der Waals surface area contributed by atoms with Gasteiger partial charge in [-0.2, -0.15) is 0 Å². The summed E-state index contributed by atoms with van der Waals surface area (Å²) in [5, 5.41) is 13.2. The maximum Gasteiger partial charge on any atom is 0.230 e. The molecule has 7 heteroatoms. The second-order valence-electron chi connectivity index (χ2n) is 6.78. The summed E-state index contributed by atoms with van der Waals surface area (Å²) in [6, 6.07) is 7.87. The smallest absolute Gasteiger partial charge is 0.230 e. The molecule has 0 aliphatic heterocycles. The van der Waals surface area contributed by atoms with Crippen molar-refractivity contribution >= 4 is 29.3 Å². The Morgan fingerprint density at radius 2 is 2.00 bits per heavy atom. The van der Waals surface area contributed by atoms with Crippen molar-refractivity contribution in [2.45, 2.75) is 57.3 Å². The summed E-state index contributed by atoms with van der Waals surface area (Å²) in [6.07, 6.45) is 4.77. The summed E-state index contributed by atoms with van der Waals surface area (Å²) >= 11 is 7.40. The molecule has 5 nitrogen and oxygen atoms in total. The zero-order chi connectivity index (χ0) is 18.5. The minimum absolute atomic E-state index is 0.0763. The highest BCUT2D eigenvalue weighted by Crippen LogP contribution is 2.26. The standard InChI is InChI=1S/C19H25ClN4OS/c1-3-24-18(14-8-10-15(20)11-9-14)22-23-19(24)26-12-17(25)21-16-7-5-4-6-13(16)2/h8-11,13,16H,3-7,12H2,1-2H3,(H,21,25)/t13-,16+/m1/s1. The molecule has 1 saturated carbocycles. The van der Waals surface area contributed by atoms with Gasteiger partial charge in [-0.05, 0) is 49.9 Å². The Morgan fingerprint density at radius 3 is 2.69 bits per heavy atom. The van der Waals surface area contributed by atoms with Crippen LogP contribution in [0.5, 0.6) is 0 Å². The molecule has 140 valence electrons. The first-order chi connectivity index (χ1) is 12.6. The number of thioether (sulfide) groups is 1. The number of nitrogens with zero attached hydrogens (tertiary/aromatic N) is 3. The monoisotopic (exact) mass is 392 g/mol. The average Bonchev–Trinajstić information content (AvgIpc) is 3.05. The van der Waals surface area contributed by atoms with E-state index < -0.39 is 0 Å². The number of carbonyl (C=O) groups is 1. The van der Waals surface area contributed by atoms with Gasteiger partial charge in [-0.15, -0.1) is 10.2 Å². The molecule has 1 aliphatic carbocycles. The molecule has 0 bridgehead atoms. The zero-order valence-corrected chi connectivity index (χ0v) is 16.8. The van der Waals surface area contributed by atoms with Gasteiger partial charge in [-0.1, -0.05) is 43.1 Å². The fraction of sp³-hybridized carbons (Fsp3) is 0.526. The lowest BCUT2D eigenvalue weighted by Crippen LogP contribution is -2.41. The molecule has 0 spiro atoms. The number of hydrogen-bond donors (Lipinski definition) is 1. The van der Waals surface area contributed by atoms with Crippen LogP contribution in [0.3, 0.4) is 0 Å². The van der Waals surface area contributed by atoms with Crippen LogP contribution < -0.4 is 5.32 Å². The molecule has 1 aromatic heterocycles. The van der Waals surface area contributed by atoms with Crippen LogP contribution in [0.15, 0.2) is 29.4 Å². The van der Waals surface area contributed by atoms with Crippen molar-refractivity contribution in [3.8, 4) is 11.4 Å². The third kappa shape index (κ3) is 4.60. The predicted octanol–water partition coefficient (Wildman–Crippen LogP) is 4.41. The van der Waals surface area contributed by atoms with Gasteiger partial charge >= 0.3 is 0 Å². The number of halogens is 1. The molecule has 26 heavy (non-hydrogen) atoms. The first-order valence-corrected chi connectivity index (χ1v) is 10.6. The van der Waals surface area contributed by atoms with Crippen molar-refractivity contribution in [1.82, 2.24) is 20.1 Å². The van der Waals surface area contributed by atoms with Crippen LogP contribution >= 0.6 is 23.4 Å². The van der Waals surface area contributed by atoms with Gasteiger partial charge in [-0.3, -0.25) is 4.79 Å². The summed E-state index contributed by atoms with van der Waals surface area (Å²) in [5.41, 5.74) is 0.969. The highest BCUT2D eigenvalue weighted by Gasteiger charge is 2.23. The first-order valence-electron chi connectivity index (χ1n) is 9.19. The lowest BCUT2D eigenvalue weighted by atomic mass is 9.86. The molecule has 1 heterocycles. The van der Waals surface area contributed by atoms with Gasteiger partial charge < -0.3 is 9.88 Å². The molecular formula is C19H25ClN4OS. The number of carbonyl (C=O) groups excluding carboxylic acids is 1. The number of aromatic nitrogens is 3. The Morgan fingerprint density at radius 1 is 1.27 bits per heavy atom. The number of rotatable bonds is 6. The molecule has 0 saturated heterocycles. The third-order valence-electron chi connectivity index (χ3n) is 4.93. The Labute approximate surface area is 163 Å². The Bertz CT molecular complexity index is 746. The van der Waals surface area contributed by atoms with Gasteiger partial charge in [0.2, 0.25) is 5.91 Å². The molecule has 3 rings (SSSR count). The van der Waals surface area contributed by atoms with Crippen LogP contribution in [0.2, 0.25) is 5.02 Å². The zero-order valence-electron chi connectivity index (χ0n) is 15.2. The van der Waals surface area contributed by atoms with E-state index in [2.05, 4.69) is 29.4 Å². The largest absolute Gasteiger partial charge is 0.352 e. The predicted molar refractivity (Wildman–Crippen MR) is 106 cm³/mol. The van der Waals surface area contributed by atoms with Crippen molar-refractivity contribution in [2.24, 2.45) is 5.92 Å². The minimum Gasteiger partial charge on any atom is -0.352 e. The van der Waals surface area contributed by atoms with Gasteiger partial charge in [0.15, 0.2) is 11.0 Å². The van der Waals surface area contributed by atoms with E-state index in [9.17, 15) is 4.79 Å². The number of amides is 1. The van der Waals surface area contributed by atoms with Crippen LogP contribution in [0.4, 0.5) is 0 Å². The molecule has 1 amide bonds. The maximum atomic E-state index is 12.3. The van der Waals surface area contributed by atoms with E-state index in [1.165, 1.54) is 31.0 Å². The molecule has 1 aliphatic rings. The normalized spacial score (nSPS) is 20.1. The van der Waals surface area contributed by atoms with Crippen LogP contribution in [0.25, 0.3) is 11.4 Å². The van der Waals surface area contributed by atoms with E-state index >= 15 is 0 Å². The molecule has 1 N–H and O–H groups in total. The van der Waals surface area contributed by atoms with E-state index in [0.29, 0.717) is 22.7 Å². The Balaban J connectivity index is 1.63. The van der Waals surface area contributed by atoms with Gasteiger partial charge in [0.05, 0.1) is 5.75 Å². The lowest BCUT2D eigenvalue weighted by molar-refractivity contribution is -0.119. The summed E-state index contributed by atoms with van der Waals surface area (Å²) in [5.74, 6) is 1.80. The Hall–Kier alpha value is -1.53. The number of hydrogen-bond acceptors (Lipinski definition) is 4. The van der Waals surface area contributed by atoms with Gasteiger partial charge in [0.1, 0.15) is 0 Å². The van der Waals surface area contributed by atoms with Gasteiger partial charge in [0.25, 0.3) is 0 Å².